The first-order valence-corrected chi connectivity index (χ1v) is 12.4. The molecule has 6 nitrogen and oxygen atoms in total. The molecule has 1 amide bonds. The zero-order valence-electron chi connectivity index (χ0n) is 19.4. The average Bonchev–Trinajstić information content (AvgIpc) is 3.43. The van der Waals surface area contributed by atoms with Gasteiger partial charge in [0, 0.05) is 60.0 Å². The number of aryl methyl sites for hydroxylation is 2. The lowest BCUT2D eigenvalue weighted by molar-refractivity contribution is 0.0961. The van der Waals surface area contributed by atoms with E-state index in [1.165, 1.54) is 12.8 Å². The maximum atomic E-state index is 12.8. The summed E-state index contributed by atoms with van der Waals surface area (Å²) in [5, 5.41) is 13.3. The normalized spacial score (nSPS) is 28.3. The van der Waals surface area contributed by atoms with Crippen LogP contribution in [-0.4, -0.2) is 39.8 Å². The van der Waals surface area contributed by atoms with E-state index in [0.717, 1.165) is 63.3 Å². The van der Waals surface area contributed by atoms with E-state index in [-0.39, 0.29) is 5.91 Å². The van der Waals surface area contributed by atoms with E-state index in [1.807, 2.05) is 30.9 Å². The second-order valence-electron chi connectivity index (χ2n) is 10.1. The van der Waals surface area contributed by atoms with Crippen molar-refractivity contribution in [3.63, 3.8) is 0 Å². The summed E-state index contributed by atoms with van der Waals surface area (Å²) in [6, 6.07) is 7.24. The van der Waals surface area contributed by atoms with Crippen LogP contribution in [0, 0.1) is 6.92 Å². The van der Waals surface area contributed by atoms with Gasteiger partial charge in [-0.1, -0.05) is 17.7 Å². The molecule has 3 fully saturated rings. The van der Waals surface area contributed by atoms with Gasteiger partial charge in [0.15, 0.2) is 0 Å². The number of halogens is 1. The van der Waals surface area contributed by atoms with Gasteiger partial charge in [0.25, 0.3) is 5.91 Å². The fourth-order valence-corrected chi connectivity index (χ4v) is 6.77. The Morgan fingerprint density at radius 3 is 2.67 bits per heavy atom. The summed E-state index contributed by atoms with van der Waals surface area (Å²) in [4.78, 5) is 17.3. The number of piperidine rings is 1. The van der Waals surface area contributed by atoms with Gasteiger partial charge >= 0.3 is 0 Å². The van der Waals surface area contributed by atoms with Gasteiger partial charge in [-0.05, 0) is 74.1 Å². The van der Waals surface area contributed by atoms with Crippen LogP contribution in [0.15, 0.2) is 24.4 Å². The molecule has 2 bridgehead atoms. The SMILES string of the molecule is CNC(=O)c1ccc(C2CC2c2nn(C)c3cc(C)ncc23)c(Cl)c1C1C[C@H]2CC[C@@H](C1)N2. The van der Waals surface area contributed by atoms with E-state index in [1.54, 1.807) is 7.05 Å². The molecule has 5 atom stereocenters. The molecule has 33 heavy (non-hydrogen) atoms. The molecule has 172 valence electrons. The minimum Gasteiger partial charge on any atom is -0.355 e. The van der Waals surface area contributed by atoms with E-state index in [2.05, 4.69) is 27.8 Å². The van der Waals surface area contributed by atoms with Crippen LogP contribution in [0.2, 0.25) is 5.02 Å². The number of nitrogens with one attached hydrogen (secondary N) is 2. The van der Waals surface area contributed by atoms with Crippen LogP contribution < -0.4 is 10.6 Å². The molecule has 1 aromatic carbocycles. The van der Waals surface area contributed by atoms with E-state index >= 15 is 0 Å². The Morgan fingerprint density at radius 2 is 1.94 bits per heavy atom. The van der Waals surface area contributed by atoms with Crippen molar-refractivity contribution in [2.45, 2.75) is 68.9 Å². The largest absolute Gasteiger partial charge is 0.355 e. The quantitative estimate of drug-likeness (QED) is 0.595. The molecule has 2 saturated heterocycles. The van der Waals surface area contributed by atoms with E-state index in [9.17, 15) is 4.79 Å². The van der Waals surface area contributed by atoms with Gasteiger partial charge in [0.1, 0.15) is 0 Å². The minimum atomic E-state index is -0.0474. The molecule has 1 saturated carbocycles. The third-order valence-electron chi connectivity index (χ3n) is 8.00. The summed E-state index contributed by atoms with van der Waals surface area (Å²) >= 11 is 7.16. The number of pyridine rings is 1. The highest BCUT2D eigenvalue weighted by Gasteiger charge is 2.45. The number of aromatic nitrogens is 3. The Labute approximate surface area is 199 Å². The zero-order valence-corrected chi connectivity index (χ0v) is 20.1. The van der Waals surface area contributed by atoms with Crippen LogP contribution in [0.1, 0.15) is 82.7 Å². The van der Waals surface area contributed by atoms with Crippen molar-refractivity contribution < 1.29 is 4.79 Å². The third-order valence-corrected chi connectivity index (χ3v) is 8.43. The lowest BCUT2D eigenvalue weighted by Crippen LogP contribution is -2.38. The molecule has 2 aliphatic heterocycles. The Kier molecular flexibility index (Phi) is 5.00. The molecule has 3 unspecified atom stereocenters. The van der Waals surface area contributed by atoms with Gasteiger partial charge in [-0.3, -0.25) is 14.5 Å². The Morgan fingerprint density at radius 1 is 1.18 bits per heavy atom. The molecule has 2 aromatic heterocycles. The molecule has 3 aliphatic rings. The highest BCUT2D eigenvalue weighted by molar-refractivity contribution is 6.33. The molecular weight excluding hydrogens is 434 g/mol. The molecule has 7 heteroatoms. The second-order valence-corrected chi connectivity index (χ2v) is 10.5. The zero-order chi connectivity index (χ0) is 22.9. The van der Waals surface area contributed by atoms with Crippen LogP contribution in [-0.2, 0) is 7.05 Å². The average molecular weight is 464 g/mol. The summed E-state index contributed by atoms with van der Waals surface area (Å²) in [6.07, 6.45) is 7.52. The topological polar surface area (TPSA) is 71.8 Å². The second kappa shape index (κ2) is 7.81. The fraction of sp³-hybridized carbons (Fsp3) is 0.500. The Hall–Kier alpha value is -2.44. The number of fused-ring (bicyclic) bond motifs is 3. The molecule has 0 radical (unpaired) electrons. The fourth-order valence-electron chi connectivity index (χ4n) is 6.32. The van der Waals surface area contributed by atoms with Gasteiger partial charge in [0.05, 0.1) is 11.2 Å². The predicted molar refractivity (Wildman–Crippen MR) is 130 cm³/mol. The maximum Gasteiger partial charge on any atom is 0.251 e. The Balaban J connectivity index is 1.38. The number of nitrogens with zero attached hydrogens (tertiary/aromatic N) is 3. The van der Waals surface area contributed by atoms with Crippen LogP contribution in [0.3, 0.4) is 0 Å². The summed E-state index contributed by atoms with van der Waals surface area (Å²) in [5.41, 5.74) is 6.18. The highest BCUT2D eigenvalue weighted by Crippen LogP contribution is 2.58. The van der Waals surface area contributed by atoms with Crippen LogP contribution >= 0.6 is 11.6 Å². The number of hydrogen-bond donors (Lipinski definition) is 2. The Bertz CT molecular complexity index is 1260. The lowest BCUT2D eigenvalue weighted by Gasteiger charge is -2.31. The molecule has 6 rings (SSSR count). The van der Waals surface area contributed by atoms with Gasteiger partial charge < -0.3 is 10.6 Å². The standard InChI is InChI=1S/C26H30ClN5O/c1-13-8-22-21(12-29-13)25(31-32(22)3)20-11-19(20)17-6-7-18(26(33)28-2)23(24(17)27)14-9-15-4-5-16(10-14)30-15/h6-8,12,14-16,19-20,30H,4-5,9-11H2,1-3H3,(H,28,33)/t14?,15-,16+,19?,20?. The predicted octanol–water partition coefficient (Wildman–Crippen LogP) is 4.56. The molecule has 1 aliphatic carbocycles. The van der Waals surface area contributed by atoms with Crippen LogP contribution in [0.4, 0.5) is 0 Å². The molecule has 4 heterocycles. The summed E-state index contributed by atoms with van der Waals surface area (Å²) in [5.74, 6) is 0.934. The van der Waals surface area contributed by atoms with Crippen LogP contribution in [0.25, 0.3) is 10.9 Å². The summed E-state index contributed by atoms with van der Waals surface area (Å²) < 4.78 is 1.96. The van der Waals surface area contributed by atoms with Gasteiger partial charge in [0.2, 0.25) is 0 Å². The molecule has 2 N–H and O–H groups in total. The molecule has 3 aromatic rings. The van der Waals surface area contributed by atoms with Crippen molar-refractivity contribution >= 4 is 28.4 Å². The third kappa shape index (κ3) is 3.46. The highest BCUT2D eigenvalue weighted by atomic mass is 35.5. The first-order chi connectivity index (χ1) is 15.9. The van der Waals surface area contributed by atoms with Crippen molar-refractivity contribution in [3.8, 4) is 0 Å². The van der Waals surface area contributed by atoms with Gasteiger partial charge in [-0.15, -0.1) is 0 Å². The minimum absolute atomic E-state index is 0.0474. The van der Waals surface area contributed by atoms with Crippen molar-refractivity contribution in [1.29, 1.82) is 0 Å². The first kappa shape index (κ1) is 21.1. The van der Waals surface area contributed by atoms with E-state index < -0.39 is 0 Å². The van der Waals surface area contributed by atoms with Crippen molar-refractivity contribution in [2.75, 3.05) is 7.05 Å². The number of rotatable bonds is 4. The lowest BCUT2D eigenvalue weighted by atomic mass is 9.82. The monoisotopic (exact) mass is 463 g/mol. The molecular formula is C26H30ClN5O. The van der Waals surface area contributed by atoms with E-state index in [0.29, 0.717) is 29.8 Å². The number of amides is 1. The van der Waals surface area contributed by atoms with Gasteiger partial charge in [-0.25, -0.2) is 0 Å². The van der Waals surface area contributed by atoms with Crippen LogP contribution in [0.5, 0.6) is 0 Å². The van der Waals surface area contributed by atoms with Crippen molar-refractivity contribution in [2.24, 2.45) is 7.05 Å². The number of carbonyl (C=O) groups is 1. The van der Waals surface area contributed by atoms with Gasteiger partial charge in [-0.2, -0.15) is 5.10 Å². The van der Waals surface area contributed by atoms with E-state index in [4.69, 9.17) is 16.7 Å². The first-order valence-electron chi connectivity index (χ1n) is 12.0. The number of carbonyl (C=O) groups excluding carboxylic acids is 1. The summed E-state index contributed by atoms with van der Waals surface area (Å²) in [6.45, 7) is 2.01. The summed E-state index contributed by atoms with van der Waals surface area (Å²) in [7, 11) is 3.69. The molecule has 0 spiro atoms. The maximum absolute atomic E-state index is 12.8. The smallest absolute Gasteiger partial charge is 0.251 e. The number of benzene rings is 1. The number of hydrogen-bond acceptors (Lipinski definition) is 4. The van der Waals surface area contributed by atoms with Crippen molar-refractivity contribution in [1.82, 2.24) is 25.4 Å². The van der Waals surface area contributed by atoms with Crippen molar-refractivity contribution in [3.05, 3.63) is 57.5 Å².